The zero-order valence-electron chi connectivity index (χ0n) is 19.9. The number of hydrogen-bond donors (Lipinski definition) is 0. The SMILES string of the molecule is [3H]C([3H])([3H])Oc1ccccc1CC1CC2(C1)CN(C(=O)N1CC[C@@H]3OCC(=C)C[C@@H]3C1)C2. The van der Waals surface area contributed by atoms with Crippen molar-refractivity contribution in [3.63, 3.8) is 0 Å². The number of benzene rings is 1. The van der Waals surface area contributed by atoms with Crippen molar-refractivity contribution in [1.29, 1.82) is 0 Å². The van der Waals surface area contributed by atoms with Crippen LogP contribution in [0.3, 0.4) is 0 Å². The molecule has 5 rings (SSSR count). The summed E-state index contributed by atoms with van der Waals surface area (Å²) in [5, 5.41) is 0. The molecule has 29 heavy (non-hydrogen) atoms. The number of amides is 2. The molecular weight excluding hydrogens is 364 g/mol. The van der Waals surface area contributed by atoms with Crippen LogP contribution >= 0.6 is 0 Å². The van der Waals surface area contributed by atoms with E-state index in [0.29, 0.717) is 24.2 Å². The zero-order valence-corrected chi connectivity index (χ0v) is 16.9. The molecule has 1 aliphatic carbocycles. The molecule has 1 aromatic rings. The summed E-state index contributed by atoms with van der Waals surface area (Å²) in [5.41, 5.74) is 2.34. The van der Waals surface area contributed by atoms with Gasteiger partial charge < -0.3 is 19.3 Å². The molecule has 2 amide bonds. The van der Waals surface area contributed by atoms with Crippen LogP contribution in [0.1, 0.15) is 35.4 Å². The van der Waals surface area contributed by atoms with Gasteiger partial charge >= 0.3 is 6.03 Å². The van der Waals surface area contributed by atoms with Crippen molar-refractivity contribution < 1.29 is 18.4 Å². The first-order valence-electron chi connectivity index (χ1n) is 12.3. The van der Waals surface area contributed by atoms with Crippen LogP contribution in [0.2, 0.25) is 0 Å². The van der Waals surface area contributed by atoms with Crippen LogP contribution in [0.4, 0.5) is 4.79 Å². The van der Waals surface area contributed by atoms with Gasteiger partial charge in [0, 0.05) is 37.5 Å². The van der Waals surface area contributed by atoms with Gasteiger partial charge in [0.1, 0.15) is 5.75 Å². The number of likely N-dealkylation sites (tertiary alicyclic amines) is 2. The van der Waals surface area contributed by atoms with Crippen molar-refractivity contribution in [2.24, 2.45) is 17.3 Å². The molecule has 1 aromatic carbocycles. The minimum atomic E-state index is -2.43. The maximum Gasteiger partial charge on any atom is 0.320 e. The minimum absolute atomic E-state index is 0.171. The third-order valence-corrected chi connectivity index (χ3v) is 7.34. The molecule has 2 atom stereocenters. The van der Waals surface area contributed by atoms with E-state index in [4.69, 9.17) is 13.6 Å². The smallest absolute Gasteiger partial charge is 0.320 e. The molecule has 0 N–H and O–H groups in total. The number of urea groups is 1. The summed E-state index contributed by atoms with van der Waals surface area (Å²) < 4.78 is 33.2. The number of hydrogen-bond acceptors (Lipinski definition) is 3. The Morgan fingerprint density at radius 2 is 2.17 bits per heavy atom. The lowest BCUT2D eigenvalue weighted by molar-refractivity contribution is -0.0842. The third kappa shape index (κ3) is 3.54. The molecule has 5 heteroatoms. The molecule has 4 aliphatic rings. The highest BCUT2D eigenvalue weighted by molar-refractivity contribution is 5.76. The van der Waals surface area contributed by atoms with Crippen LogP contribution in [-0.2, 0) is 11.2 Å². The fourth-order valence-electron chi connectivity index (χ4n) is 6.00. The molecule has 3 aliphatic heterocycles. The number of methoxy groups -OCH3 is 1. The average molecular weight is 403 g/mol. The number of fused-ring (bicyclic) bond motifs is 1. The molecule has 0 bridgehead atoms. The zero-order chi connectivity index (χ0) is 22.5. The average Bonchev–Trinajstić information content (AvgIpc) is 2.67. The van der Waals surface area contributed by atoms with Gasteiger partial charge in [0.05, 0.1) is 23.9 Å². The second-order valence-electron chi connectivity index (χ2n) is 9.63. The Bertz CT molecular complexity index is 889. The molecule has 3 saturated heterocycles. The highest BCUT2D eigenvalue weighted by Gasteiger charge is 2.54. The second-order valence-corrected chi connectivity index (χ2v) is 9.63. The summed E-state index contributed by atoms with van der Waals surface area (Å²) in [5.74, 6) is 1.35. The van der Waals surface area contributed by atoms with E-state index in [1.807, 2.05) is 21.9 Å². The van der Waals surface area contributed by atoms with E-state index in [-0.39, 0.29) is 17.6 Å². The predicted molar refractivity (Wildman–Crippen MR) is 112 cm³/mol. The highest BCUT2D eigenvalue weighted by atomic mass is 16.5. The van der Waals surface area contributed by atoms with E-state index in [2.05, 4.69) is 6.58 Å². The van der Waals surface area contributed by atoms with Crippen molar-refractivity contribution in [2.45, 2.75) is 38.2 Å². The highest BCUT2D eigenvalue weighted by Crippen LogP contribution is 2.53. The van der Waals surface area contributed by atoms with Crippen molar-refractivity contribution in [2.75, 3.05) is 39.8 Å². The summed E-state index contributed by atoms with van der Waals surface area (Å²) in [6, 6.07) is 7.59. The van der Waals surface area contributed by atoms with Crippen molar-refractivity contribution in [1.82, 2.24) is 9.80 Å². The third-order valence-electron chi connectivity index (χ3n) is 7.34. The molecule has 0 aromatic heterocycles. The Balaban J connectivity index is 1.10. The maximum atomic E-state index is 13.0. The fourth-order valence-corrected chi connectivity index (χ4v) is 6.00. The van der Waals surface area contributed by atoms with Gasteiger partial charge in [-0.25, -0.2) is 4.79 Å². The first-order valence-corrected chi connectivity index (χ1v) is 10.8. The molecule has 1 saturated carbocycles. The van der Waals surface area contributed by atoms with Crippen LogP contribution in [0.5, 0.6) is 5.75 Å². The van der Waals surface area contributed by atoms with E-state index in [0.717, 1.165) is 69.4 Å². The van der Waals surface area contributed by atoms with Gasteiger partial charge in [0.2, 0.25) is 0 Å². The summed E-state index contributed by atoms with van der Waals surface area (Å²) in [6.07, 6.45) is 5.14. The standard InChI is InChI=1S/C24H32N2O3/c1-17-9-20-13-25(8-7-22(20)29-14-17)23(27)26-15-24(16-26)11-18(12-24)10-19-5-3-4-6-21(19)28-2/h3-6,18,20,22H,1,7-16H2,2H3/t20-,22+/m1/s1/i2T3. The van der Waals surface area contributed by atoms with Crippen molar-refractivity contribution in [3.05, 3.63) is 42.0 Å². The van der Waals surface area contributed by atoms with Gasteiger partial charge in [-0.15, -0.1) is 0 Å². The lowest BCUT2D eigenvalue weighted by Gasteiger charge is -2.60. The molecule has 0 unspecified atom stereocenters. The van der Waals surface area contributed by atoms with Gasteiger partial charge in [0.25, 0.3) is 0 Å². The van der Waals surface area contributed by atoms with E-state index < -0.39 is 7.04 Å². The number of carbonyl (C=O) groups is 1. The molecule has 3 heterocycles. The minimum Gasteiger partial charge on any atom is -0.496 e. The number of carbonyl (C=O) groups excluding carboxylic acids is 1. The van der Waals surface area contributed by atoms with Gasteiger partial charge in [-0.2, -0.15) is 0 Å². The van der Waals surface area contributed by atoms with Crippen LogP contribution in [0, 0.1) is 17.3 Å². The van der Waals surface area contributed by atoms with E-state index in [1.54, 1.807) is 12.1 Å². The first kappa shape index (κ1) is 15.8. The molecule has 0 radical (unpaired) electrons. The number of ether oxygens (including phenoxy) is 2. The molecule has 4 fully saturated rings. The van der Waals surface area contributed by atoms with Gasteiger partial charge in [-0.3, -0.25) is 0 Å². The van der Waals surface area contributed by atoms with Crippen molar-refractivity contribution in [3.8, 4) is 5.75 Å². The van der Waals surface area contributed by atoms with E-state index in [1.165, 1.54) is 0 Å². The first-order chi connectivity index (χ1) is 15.2. The Labute approximate surface area is 177 Å². The van der Waals surface area contributed by atoms with Crippen LogP contribution in [0.25, 0.3) is 0 Å². The quantitative estimate of drug-likeness (QED) is 0.724. The number of nitrogens with zero attached hydrogens (tertiary/aromatic N) is 2. The normalized spacial score (nSPS) is 30.5. The number of rotatable bonds is 3. The topological polar surface area (TPSA) is 42.0 Å². The number of para-hydroxylation sites is 1. The largest absolute Gasteiger partial charge is 0.496 e. The van der Waals surface area contributed by atoms with Gasteiger partial charge in [-0.1, -0.05) is 30.4 Å². The Morgan fingerprint density at radius 1 is 1.34 bits per heavy atom. The Kier molecular flexibility index (Phi) is 4.00. The predicted octanol–water partition coefficient (Wildman–Crippen LogP) is 3.74. The monoisotopic (exact) mass is 402 g/mol. The maximum absolute atomic E-state index is 13.0. The molecule has 5 nitrogen and oxygen atoms in total. The molecular formula is C24H32N2O3. The summed E-state index contributed by atoms with van der Waals surface area (Å²) in [6.45, 7) is 7.95. The lowest BCUT2D eigenvalue weighted by atomic mass is 9.56. The van der Waals surface area contributed by atoms with E-state index >= 15 is 0 Å². The summed E-state index contributed by atoms with van der Waals surface area (Å²) in [4.78, 5) is 17.0. The molecule has 156 valence electrons. The molecule has 1 spiro atoms. The second kappa shape index (κ2) is 7.35. The van der Waals surface area contributed by atoms with Gasteiger partial charge in [-0.05, 0) is 49.7 Å². The lowest BCUT2D eigenvalue weighted by Crippen LogP contribution is -2.66. The summed E-state index contributed by atoms with van der Waals surface area (Å²) in [7, 11) is -2.43. The summed E-state index contributed by atoms with van der Waals surface area (Å²) >= 11 is 0. The van der Waals surface area contributed by atoms with E-state index in [9.17, 15) is 4.79 Å². The number of piperidine rings is 1. The Hall–Kier alpha value is -2.01. The fraction of sp³-hybridized carbons (Fsp3) is 0.625. The van der Waals surface area contributed by atoms with Crippen LogP contribution in [-0.4, -0.2) is 61.8 Å². The Morgan fingerprint density at radius 3 is 3.00 bits per heavy atom. The van der Waals surface area contributed by atoms with Crippen molar-refractivity contribution >= 4 is 6.03 Å². The van der Waals surface area contributed by atoms with Gasteiger partial charge in [0.15, 0.2) is 0 Å². The van der Waals surface area contributed by atoms with Crippen LogP contribution in [0.15, 0.2) is 36.4 Å². The van der Waals surface area contributed by atoms with Crippen LogP contribution < -0.4 is 4.74 Å².